The van der Waals surface area contributed by atoms with Gasteiger partial charge in [-0.25, -0.2) is 0 Å². The molecule has 0 radical (unpaired) electrons. The first kappa shape index (κ1) is 29.2. The van der Waals surface area contributed by atoms with E-state index in [4.69, 9.17) is 13.9 Å². The summed E-state index contributed by atoms with van der Waals surface area (Å²) in [7, 11) is 1.53. The summed E-state index contributed by atoms with van der Waals surface area (Å²) in [6, 6.07) is 13.6. The van der Waals surface area contributed by atoms with Gasteiger partial charge in [-0.3, -0.25) is 9.59 Å². The number of para-hydroxylation sites is 1. The number of aliphatic hydroxyl groups excluding tert-OH is 1. The second-order valence-corrected chi connectivity index (χ2v) is 10.5. The van der Waals surface area contributed by atoms with Crippen LogP contribution in [0.25, 0.3) is 11.0 Å². The molecule has 1 unspecified atom stereocenters. The Morgan fingerprint density at radius 1 is 1.12 bits per heavy atom. The number of ether oxygens (including phenoxy) is 2. The summed E-state index contributed by atoms with van der Waals surface area (Å²) in [5.74, 6) is 0.0469. The Morgan fingerprint density at radius 2 is 1.88 bits per heavy atom. The SMILES string of the molecule is CCN(CC)CCCN1C(=O)C(O)=C(C(=O)c2cc3cccc(OC)c3o2)C1c1cccc(OCCC(C)C)c1. The maximum absolute atomic E-state index is 13.9. The molecule has 0 bridgehead atoms. The molecule has 1 amide bonds. The molecule has 4 rings (SSSR count). The highest BCUT2D eigenvalue weighted by Crippen LogP contribution is 2.41. The fourth-order valence-corrected chi connectivity index (χ4v) is 5.10. The molecule has 0 saturated heterocycles. The number of furan rings is 1. The number of aliphatic hydroxyl groups is 1. The molecule has 3 aromatic rings. The number of carbonyl (C=O) groups is 2. The van der Waals surface area contributed by atoms with Gasteiger partial charge in [-0.05, 0) is 68.2 Å². The van der Waals surface area contributed by atoms with Crippen molar-refractivity contribution in [2.45, 2.75) is 46.6 Å². The third kappa shape index (κ3) is 6.17. The third-order valence-corrected chi connectivity index (χ3v) is 7.41. The van der Waals surface area contributed by atoms with Crippen LogP contribution in [-0.4, -0.2) is 66.5 Å². The molecule has 0 fully saturated rings. The number of methoxy groups -OCH3 is 1. The molecular weight excluding hydrogens is 508 g/mol. The molecular formula is C32H40N2O6. The molecule has 1 aromatic heterocycles. The number of amides is 1. The number of carbonyl (C=O) groups excluding carboxylic acids is 2. The molecule has 8 heteroatoms. The molecule has 8 nitrogen and oxygen atoms in total. The molecule has 0 aliphatic carbocycles. The fraction of sp³-hybridized carbons (Fsp3) is 0.438. The number of Topliss-reactive ketones (excluding diaryl/α,β-unsaturated/α-hetero) is 1. The molecule has 0 spiro atoms. The van der Waals surface area contributed by atoms with Crippen LogP contribution in [0.1, 0.15) is 62.7 Å². The molecule has 2 heterocycles. The molecule has 40 heavy (non-hydrogen) atoms. The lowest BCUT2D eigenvalue weighted by molar-refractivity contribution is -0.129. The smallest absolute Gasteiger partial charge is 0.290 e. The minimum atomic E-state index is -0.777. The van der Waals surface area contributed by atoms with E-state index in [-0.39, 0.29) is 11.3 Å². The number of ketones is 1. The molecule has 2 aromatic carbocycles. The van der Waals surface area contributed by atoms with Crippen molar-refractivity contribution in [2.24, 2.45) is 5.92 Å². The van der Waals surface area contributed by atoms with Gasteiger partial charge in [-0.2, -0.15) is 0 Å². The summed E-state index contributed by atoms with van der Waals surface area (Å²) in [5, 5.41) is 11.8. The van der Waals surface area contributed by atoms with Crippen LogP contribution in [-0.2, 0) is 4.79 Å². The van der Waals surface area contributed by atoms with Gasteiger partial charge in [0.25, 0.3) is 5.91 Å². The van der Waals surface area contributed by atoms with Gasteiger partial charge >= 0.3 is 0 Å². The average molecular weight is 549 g/mol. The lowest BCUT2D eigenvalue weighted by Gasteiger charge is -2.28. The highest BCUT2D eigenvalue weighted by atomic mass is 16.5. The molecule has 1 N–H and O–H groups in total. The molecule has 0 saturated carbocycles. The lowest BCUT2D eigenvalue weighted by atomic mass is 9.94. The minimum absolute atomic E-state index is 0.00481. The van der Waals surface area contributed by atoms with Crippen LogP contribution in [0.2, 0.25) is 0 Å². The highest BCUT2D eigenvalue weighted by molar-refractivity contribution is 6.16. The van der Waals surface area contributed by atoms with E-state index >= 15 is 0 Å². The van der Waals surface area contributed by atoms with E-state index in [0.717, 1.165) is 26.1 Å². The van der Waals surface area contributed by atoms with Crippen molar-refractivity contribution in [3.8, 4) is 11.5 Å². The van der Waals surface area contributed by atoms with Crippen LogP contribution in [0, 0.1) is 5.92 Å². The molecule has 1 aliphatic rings. The van der Waals surface area contributed by atoms with Gasteiger partial charge in [0.05, 0.1) is 25.3 Å². The highest BCUT2D eigenvalue weighted by Gasteiger charge is 2.44. The normalized spacial score (nSPS) is 15.6. The van der Waals surface area contributed by atoms with E-state index < -0.39 is 23.5 Å². The van der Waals surface area contributed by atoms with Crippen molar-refractivity contribution in [1.29, 1.82) is 0 Å². The van der Waals surface area contributed by atoms with E-state index in [0.29, 0.717) is 53.5 Å². The standard InChI is InChI=1S/C32H40N2O6/c1-6-33(7-2)16-10-17-34-28(22-11-8-13-24(19-22)39-18-15-21(3)4)27(30(36)32(34)37)29(35)26-20-23-12-9-14-25(38-5)31(23)40-26/h8-9,11-14,19-21,28,36H,6-7,10,15-18H2,1-5H3. The fourth-order valence-electron chi connectivity index (χ4n) is 5.10. The van der Waals surface area contributed by atoms with Gasteiger partial charge in [0.15, 0.2) is 22.9 Å². The van der Waals surface area contributed by atoms with E-state index in [1.54, 1.807) is 17.0 Å². The second-order valence-electron chi connectivity index (χ2n) is 10.5. The zero-order valence-electron chi connectivity index (χ0n) is 24.1. The molecule has 1 atom stereocenters. The number of rotatable bonds is 14. The Bertz CT molecular complexity index is 1370. The average Bonchev–Trinajstić information content (AvgIpc) is 3.50. The maximum Gasteiger partial charge on any atom is 0.290 e. The Labute approximate surface area is 236 Å². The summed E-state index contributed by atoms with van der Waals surface area (Å²) < 4.78 is 17.3. The van der Waals surface area contributed by atoms with Crippen LogP contribution < -0.4 is 9.47 Å². The Morgan fingerprint density at radius 3 is 2.58 bits per heavy atom. The van der Waals surface area contributed by atoms with Crippen molar-refractivity contribution < 1.29 is 28.6 Å². The van der Waals surface area contributed by atoms with Crippen molar-refractivity contribution in [2.75, 3.05) is 39.9 Å². The third-order valence-electron chi connectivity index (χ3n) is 7.41. The molecule has 1 aliphatic heterocycles. The van der Waals surface area contributed by atoms with Gasteiger partial charge in [0.2, 0.25) is 5.78 Å². The summed E-state index contributed by atoms with van der Waals surface area (Å²) >= 11 is 0. The van der Waals surface area contributed by atoms with Crippen LogP contribution in [0.5, 0.6) is 11.5 Å². The summed E-state index contributed by atoms with van der Waals surface area (Å²) in [6.45, 7) is 12.0. The van der Waals surface area contributed by atoms with Gasteiger partial charge in [0.1, 0.15) is 5.75 Å². The van der Waals surface area contributed by atoms with E-state index in [9.17, 15) is 14.7 Å². The topological polar surface area (TPSA) is 92.5 Å². The van der Waals surface area contributed by atoms with Gasteiger partial charge in [-0.15, -0.1) is 0 Å². The first-order valence-electron chi connectivity index (χ1n) is 14.1. The van der Waals surface area contributed by atoms with Crippen LogP contribution >= 0.6 is 0 Å². The van der Waals surface area contributed by atoms with Gasteiger partial charge < -0.3 is 28.8 Å². The number of benzene rings is 2. The summed E-state index contributed by atoms with van der Waals surface area (Å²) in [5.41, 5.74) is 1.13. The van der Waals surface area contributed by atoms with E-state index in [2.05, 4.69) is 32.6 Å². The summed E-state index contributed by atoms with van der Waals surface area (Å²) in [6.07, 6.45) is 1.61. The van der Waals surface area contributed by atoms with Crippen LogP contribution in [0.15, 0.2) is 64.3 Å². The number of fused-ring (bicyclic) bond motifs is 1. The quantitative estimate of drug-likeness (QED) is 0.241. The number of nitrogens with zero attached hydrogens (tertiary/aromatic N) is 2. The van der Waals surface area contributed by atoms with E-state index in [1.165, 1.54) is 7.11 Å². The predicted octanol–water partition coefficient (Wildman–Crippen LogP) is 6.18. The Kier molecular flexibility index (Phi) is 9.53. The monoisotopic (exact) mass is 548 g/mol. The van der Waals surface area contributed by atoms with Crippen molar-refractivity contribution in [1.82, 2.24) is 9.80 Å². The number of hydrogen-bond acceptors (Lipinski definition) is 7. The lowest BCUT2D eigenvalue weighted by Crippen LogP contribution is -2.34. The second kappa shape index (κ2) is 13.0. The van der Waals surface area contributed by atoms with Crippen molar-refractivity contribution in [3.05, 3.63) is 71.2 Å². The number of hydrogen-bond donors (Lipinski definition) is 1. The Hall–Kier alpha value is -3.78. The summed E-state index contributed by atoms with van der Waals surface area (Å²) in [4.78, 5) is 31.2. The van der Waals surface area contributed by atoms with Crippen molar-refractivity contribution in [3.63, 3.8) is 0 Å². The largest absolute Gasteiger partial charge is 0.503 e. The van der Waals surface area contributed by atoms with Crippen LogP contribution in [0.4, 0.5) is 0 Å². The van der Waals surface area contributed by atoms with Gasteiger partial charge in [-0.1, -0.05) is 52.0 Å². The maximum atomic E-state index is 13.9. The first-order chi connectivity index (χ1) is 19.3. The first-order valence-corrected chi connectivity index (χ1v) is 14.1. The van der Waals surface area contributed by atoms with Crippen LogP contribution in [0.3, 0.4) is 0 Å². The zero-order valence-corrected chi connectivity index (χ0v) is 24.1. The Balaban J connectivity index is 1.70. The van der Waals surface area contributed by atoms with Gasteiger partial charge in [0, 0.05) is 11.9 Å². The molecule has 214 valence electrons. The van der Waals surface area contributed by atoms with Crippen molar-refractivity contribution >= 4 is 22.7 Å². The predicted molar refractivity (Wildman–Crippen MR) is 155 cm³/mol. The van der Waals surface area contributed by atoms with E-state index in [1.807, 2.05) is 36.4 Å². The zero-order chi connectivity index (χ0) is 28.8. The minimum Gasteiger partial charge on any atom is -0.503 e.